The summed E-state index contributed by atoms with van der Waals surface area (Å²) in [5, 5.41) is 0. The van der Waals surface area contributed by atoms with E-state index in [1.807, 2.05) is 4.90 Å². The van der Waals surface area contributed by atoms with Crippen molar-refractivity contribution in [3.8, 4) is 0 Å². The molecule has 1 saturated heterocycles. The van der Waals surface area contributed by atoms with Gasteiger partial charge in [-0.3, -0.25) is 19.3 Å². The average Bonchev–Trinajstić information content (AvgIpc) is 3.34. The maximum Gasteiger partial charge on any atom is 0.261 e. The quantitative estimate of drug-likeness (QED) is 0.766. The van der Waals surface area contributed by atoms with Crippen molar-refractivity contribution in [2.75, 3.05) is 30.9 Å². The molecule has 9 heteroatoms. The second kappa shape index (κ2) is 9.05. The van der Waals surface area contributed by atoms with Gasteiger partial charge in [-0.25, -0.2) is 8.42 Å². The lowest BCUT2D eigenvalue weighted by molar-refractivity contribution is -0.136. The van der Waals surface area contributed by atoms with E-state index in [9.17, 15) is 18.0 Å². The topological polar surface area (TPSA) is 99.7 Å². The zero-order valence-corrected chi connectivity index (χ0v) is 18.1. The van der Waals surface area contributed by atoms with Gasteiger partial charge in [-0.1, -0.05) is 12.8 Å². The third-order valence-corrected chi connectivity index (χ3v) is 7.32. The first kappa shape index (κ1) is 21.3. The second-order valence-corrected chi connectivity index (χ2v) is 9.65. The van der Waals surface area contributed by atoms with Gasteiger partial charge in [0.25, 0.3) is 15.9 Å². The van der Waals surface area contributed by atoms with Crippen LogP contribution in [0.15, 0.2) is 53.7 Å². The van der Waals surface area contributed by atoms with Gasteiger partial charge in [-0.15, -0.1) is 0 Å². The summed E-state index contributed by atoms with van der Waals surface area (Å²) in [5.41, 5.74) is 0.846. The number of carbonyl (C=O) groups is 2. The SMILES string of the molecule is O=C(c1ccc(S(=O)(=O)Nc2ccncc2)cc1)N1CCN(C(=O)C2CCCC2)CC1. The summed E-state index contributed by atoms with van der Waals surface area (Å²) in [7, 11) is -3.75. The molecule has 2 fully saturated rings. The lowest BCUT2D eigenvalue weighted by atomic mass is 10.1. The van der Waals surface area contributed by atoms with Crippen molar-refractivity contribution < 1.29 is 18.0 Å². The van der Waals surface area contributed by atoms with Crippen molar-refractivity contribution in [1.29, 1.82) is 0 Å². The molecule has 31 heavy (non-hydrogen) atoms. The van der Waals surface area contributed by atoms with Crippen LogP contribution in [0, 0.1) is 5.92 Å². The number of carbonyl (C=O) groups excluding carboxylic acids is 2. The number of hydrogen-bond acceptors (Lipinski definition) is 5. The number of benzene rings is 1. The summed E-state index contributed by atoms with van der Waals surface area (Å²) >= 11 is 0. The molecule has 164 valence electrons. The molecule has 8 nitrogen and oxygen atoms in total. The molecule has 0 radical (unpaired) electrons. The first-order chi connectivity index (χ1) is 14.9. The van der Waals surface area contributed by atoms with Crippen molar-refractivity contribution in [2.24, 2.45) is 5.92 Å². The minimum Gasteiger partial charge on any atom is -0.339 e. The van der Waals surface area contributed by atoms with Gasteiger partial charge in [0.15, 0.2) is 0 Å². The molecule has 0 atom stereocenters. The normalized spacial score (nSPS) is 17.5. The fourth-order valence-electron chi connectivity index (χ4n) is 4.15. The van der Waals surface area contributed by atoms with E-state index in [1.54, 1.807) is 17.0 Å². The minimum atomic E-state index is -3.75. The maximum absolute atomic E-state index is 12.8. The Morgan fingerprint density at radius 3 is 2.06 bits per heavy atom. The van der Waals surface area contributed by atoms with Gasteiger partial charge in [0, 0.05) is 50.1 Å². The largest absolute Gasteiger partial charge is 0.339 e. The van der Waals surface area contributed by atoms with Gasteiger partial charge >= 0.3 is 0 Å². The first-order valence-corrected chi connectivity index (χ1v) is 12.0. The number of aromatic nitrogens is 1. The molecule has 0 spiro atoms. The fourth-order valence-corrected chi connectivity index (χ4v) is 5.21. The van der Waals surface area contributed by atoms with E-state index in [0.29, 0.717) is 37.4 Å². The van der Waals surface area contributed by atoms with Crippen LogP contribution in [0.2, 0.25) is 0 Å². The number of anilines is 1. The molecule has 0 unspecified atom stereocenters. The summed E-state index contributed by atoms with van der Waals surface area (Å²) in [5.74, 6) is 0.220. The number of pyridine rings is 1. The highest BCUT2D eigenvalue weighted by molar-refractivity contribution is 7.92. The summed E-state index contributed by atoms with van der Waals surface area (Å²) in [6.45, 7) is 2.06. The summed E-state index contributed by atoms with van der Waals surface area (Å²) in [6.07, 6.45) is 7.20. The van der Waals surface area contributed by atoms with Crippen LogP contribution in [-0.4, -0.2) is 61.2 Å². The molecule has 1 saturated carbocycles. The standard InChI is InChI=1S/C22H26N4O4S/c27-21(17-3-1-2-4-17)25-13-15-26(16-14-25)22(28)18-5-7-20(8-6-18)31(29,30)24-19-9-11-23-12-10-19/h5-12,17H,1-4,13-16H2,(H,23,24). The molecule has 4 rings (SSSR count). The van der Waals surface area contributed by atoms with Crippen molar-refractivity contribution in [2.45, 2.75) is 30.6 Å². The van der Waals surface area contributed by atoms with Crippen LogP contribution >= 0.6 is 0 Å². The Balaban J connectivity index is 1.36. The van der Waals surface area contributed by atoms with Crippen LogP contribution in [0.25, 0.3) is 0 Å². The molecular formula is C22H26N4O4S. The maximum atomic E-state index is 12.8. The van der Waals surface area contributed by atoms with Crippen molar-refractivity contribution in [3.05, 3.63) is 54.4 Å². The number of sulfonamides is 1. The molecular weight excluding hydrogens is 416 g/mol. The Morgan fingerprint density at radius 2 is 1.45 bits per heavy atom. The smallest absolute Gasteiger partial charge is 0.261 e. The molecule has 1 aliphatic heterocycles. The highest BCUT2D eigenvalue weighted by Crippen LogP contribution is 2.27. The lowest BCUT2D eigenvalue weighted by Gasteiger charge is -2.36. The van der Waals surface area contributed by atoms with Gasteiger partial charge in [0.2, 0.25) is 5.91 Å². The van der Waals surface area contributed by atoms with Crippen molar-refractivity contribution in [1.82, 2.24) is 14.8 Å². The number of amides is 2. The van der Waals surface area contributed by atoms with Gasteiger partial charge < -0.3 is 9.80 Å². The van der Waals surface area contributed by atoms with Gasteiger partial charge in [0.05, 0.1) is 10.6 Å². The number of nitrogens with zero attached hydrogens (tertiary/aromatic N) is 3. The van der Waals surface area contributed by atoms with E-state index in [2.05, 4.69) is 9.71 Å². The molecule has 0 bridgehead atoms. The van der Waals surface area contributed by atoms with Crippen LogP contribution < -0.4 is 4.72 Å². The molecule has 2 aromatic rings. The number of piperazine rings is 1. The monoisotopic (exact) mass is 442 g/mol. The van der Waals surface area contributed by atoms with Crippen molar-refractivity contribution >= 4 is 27.5 Å². The molecule has 2 heterocycles. The molecule has 2 aliphatic rings. The molecule has 1 N–H and O–H groups in total. The zero-order chi connectivity index (χ0) is 21.8. The van der Waals surface area contributed by atoms with E-state index in [0.717, 1.165) is 25.7 Å². The Bertz CT molecular complexity index is 1030. The summed E-state index contributed by atoms with van der Waals surface area (Å²) in [4.78, 5) is 32.9. The zero-order valence-electron chi connectivity index (χ0n) is 17.2. The van der Waals surface area contributed by atoms with Crippen LogP contribution in [0.4, 0.5) is 5.69 Å². The van der Waals surface area contributed by atoms with Gasteiger partial charge in [-0.2, -0.15) is 0 Å². The number of rotatable bonds is 5. The van der Waals surface area contributed by atoms with Crippen LogP contribution in [0.3, 0.4) is 0 Å². The summed E-state index contributed by atoms with van der Waals surface area (Å²) < 4.78 is 27.5. The Labute approximate surface area is 182 Å². The molecule has 1 aromatic heterocycles. The molecule has 2 amide bonds. The first-order valence-electron chi connectivity index (χ1n) is 10.5. The Kier molecular flexibility index (Phi) is 6.22. The van der Waals surface area contributed by atoms with Crippen LogP contribution in [0.1, 0.15) is 36.0 Å². The highest BCUT2D eigenvalue weighted by atomic mass is 32.2. The van der Waals surface area contributed by atoms with E-state index in [1.165, 1.54) is 36.7 Å². The Morgan fingerprint density at radius 1 is 0.871 bits per heavy atom. The second-order valence-electron chi connectivity index (χ2n) is 7.96. The Hall–Kier alpha value is -2.94. The minimum absolute atomic E-state index is 0.0767. The molecule has 1 aliphatic carbocycles. The van der Waals surface area contributed by atoms with Gasteiger partial charge in [-0.05, 0) is 49.2 Å². The number of hydrogen-bond donors (Lipinski definition) is 1. The number of nitrogens with one attached hydrogen (secondary N) is 1. The fraction of sp³-hybridized carbons (Fsp3) is 0.409. The summed E-state index contributed by atoms with van der Waals surface area (Å²) in [6, 6.07) is 9.03. The van der Waals surface area contributed by atoms with Crippen LogP contribution in [0.5, 0.6) is 0 Å². The van der Waals surface area contributed by atoms with E-state index >= 15 is 0 Å². The van der Waals surface area contributed by atoms with Crippen LogP contribution in [-0.2, 0) is 14.8 Å². The van der Waals surface area contributed by atoms with E-state index in [-0.39, 0.29) is 22.6 Å². The average molecular weight is 443 g/mol. The van der Waals surface area contributed by atoms with Gasteiger partial charge in [0.1, 0.15) is 0 Å². The van der Waals surface area contributed by atoms with Crippen molar-refractivity contribution in [3.63, 3.8) is 0 Å². The molecule has 1 aromatic carbocycles. The van der Waals surface area contributed by atoms with E-state index in [4.69, 9.17) is 0 Å². The third kappa shape index (κ3) is 4.87. The highest BCUT2D eigenvalue weighted by Gasteiger charge is 2.30. The predicted octanol–water partition coefficient (Wildman–Crippen LogP) is 2.36. The predicted molar refractivity (Wildman–Crippen MR) is 116 cm³/mol. The third-order valence-electron chi connectivity index (χ3n) is 5.93. The lowest BCUT2D eigenvalue weighted by Crippen LogP contribution is -2.51. The van der Waals surface area contributed by atoms with E-state index < -0.39 is 10.0 Å².